The van der Waals surface area contributed by atoms with Crippen LogP contribution in [0.3, 0.4) is 0 Å². The minimum absolute atomic E-state index is 0.00471. The van der Waals surface area contributed by atoms with Gasteiger partial charge in [0.05, 0.1) is 12.1 Å². The molecule has 2 unspecified atom stereocenters. The first kappa shape index (κ1) is 27.9. The normalized spacial score (nSPS) is 17.8. The molecule has 6 nitrogen and oxygen atoms in total. The van der Waals surface area contributed by atoms with E-state index in [0.717, 1.165) is 19.0 Å². The summed E-state index contributed by atoms with van der Waals surface area (Å²) in [6.45, 7) is 12.2. The van der Waals surface area contributed by atoms with E-state index in [9.17, 15) is 14.0 Å². The van der Waals surface area contributed by atoms with E-state index in [-0.39, 0.29) is 29.5 Å². The Balaban J connectivity index is 0.000000217. The molecule has 4 rings (SSSR count). The van der Waals surface area contributed by atoms with Gasteiger partial charge < -0.3 is 9.42 Å². The molecule has 0 radical (unpaired) electrons. The van der Waals surface area contributed by atoms with Gasteiger partial charge in [0.2, 0.25) is 5.91 Å². The number of nitrogens with zero attached hydrogens (tertiary/aromatic N) is 3. The summed E-state index contributed by atoms with van der Waals surface area (Å²) in [6, 6.07) is 17.7. The van der Waals surface area contributed by atoms with Crippen LogP contribution >= 0.6 is 0 Å². The van der Waals surface area contributed by atoms with Gasteiger partial charge in [0.15, 0.2) is 12.0 Å². The van der Waals surface area contributed by atoms with Crippen molar-refractivity contribution in [3.63, 3.8) is 0 Å². The van der Waals surface area contributed by atoms with Crippen molar-refractivity contribution in [2.45, 2.75) is 46.7 Å². The fourth-order valence-electron chi connectivity index (χ4n) is 3.54. The summed E-state index contributed by atoms with van der Waals surface area (Å²) < 4.78 is 17.4. The van der Waals surface area contributed by atoms with Gasteiger partial charge in [0, 0.05) is 24.7 Å². The number of halogens is 1. The number of piperazine rings is 1. The number of rotatable bonds is 4. The molecule has 0 N–H and O–H groups in total. The largest absolute Gasteiger partial charge is 0.356 e. The third-order valence-electron chi connectivity index (χ3n) is 5.44. The van der Waals surface area contributed by atoms with Crippen LogP contribution in [0.25, 0.3) is 11.3 Å². The molecule has 2 atom stereocenters. The summed E-state index contributed by atoms with van der Waals surface area (Å²) in [5.41, 5.74) is 2.14. The minimum atomic E-state index is -0.316. The molecule has 0 aliphatic carbocycles. The number of hydrogen-bond acceptors (Lipinski definition) is 5. The molecule has 0 saturated carbocycles. The van der Waals surface area contributed by atoms with E-state index in [4.69, 9.17) is 4.52 Å². The SMILES string of the molecule is CC(C)C.CCN1C(=O)C(C)N(C)CC1c1ccccc1.O=Cc1cc(-c2ccc(F)cc2)on1. The number of carbonyl (C=O) groups excluding carboxylic acids is 2. The third-order valence-corrected chi connectivity index (χ3v) is 5.44. The van der Waals surface area contributed by atoms with Crippen LogP contribution in [0.4, 0.5) is 4.39 Å². The summed E-state index contributed by atoms with van der Waals surface area (Å²) in [5.74, 6) is 1.20. The predicted molar refractivity (Wildman–Crippen MR) is 136 cm³/mol. The Morgan fingerprint density at radius 3 is 2.23 bits per heavy atom. The number of likely N-dealkylation sites (N-methyl/N-ethyl adjacent to an activating group) is 2. The second-order valence-electron chi connectivity index (χ2n) is 9.14. The van der Waals surface area contributed by atoms with Gasteiger partial charge in [-0.05, 0) is 56.6 Å². The van der Waals surface area contributed by atoms with Crippen LogP contribution < -0.4 is 0 Å². The number of hydrogen-bond donors (Lipinski definition) is 0. The summed E-state index contributed by atoms with van der Waals surface area (Å²) in [4.78, 5) is 26.7. The van der Waals surface area contributed by atoms with E-state index in [2.05, 4.69) is 43.0 Å². The Kier molecular flexibility index (Phi) is 10.8. The molecular formula is C28H36FN3O3. The number of aldehydes is 1. The first-order valence-corrected chi connectivity index (χ1v) is 11.9. The van der Waals surface area contributed by atoms with Crippen LogP contribution in [0.15, 0.2) is 65.2 Å². The summed E-state index contributed by atoms with van der Waals surface area (Å²) >= 11 is 0. The van der Waals surface area contributed by atoms with E-state index in [1.54, 1.807) is 12.1 Å². The molecule has 2 heterocycles. The average molecular weight is 482 g/mol. The summed E-state index contributed by atoms with van der Waals surface area (Å²) in [6.07, 6.45) is 0.594. The Labute approximate surface area is 207 Å². The highest BCUT2D eigenvalue weighted by Crippen LogP contribution is 2.27. The van der Waals surface area contributed by atoms with Crippen molar-refractivity contribution in [2.24, 2.45) is 5.92 Å². The van der Waals surface area contributed by atoms with Crippen molar-refractivity contribution in [2.75, 3.05) is 20.1 Å². The lowest BCUT2D eigenvalue weighted by atomic mass is 10.00. The maximum absolute atomic E-state index is 12.6. The van der Waals surface area contributed by atoms with Gasteiger partial charge in [-0.15, -0.1) is 0 Å². The van der Waals surface area contributed by atoms with Crippen LogP contribution in [-0.4, -0.2) is 53.3 Å². The summed E-state index contributed by atoms with van der Waals surface area (Å²) in [7, 11) is 2.02. The molecule has 0 spiro atoms. The fourth-order valence-corrected chi connectivity index (χ4v) is 3.54. The van der Waals surface area contributed by atoms with Crippen molar-refractivity contribution in [1.29, 1.82) is 0 Å². The first-order valence-electron chi connectivity index (χ1n) is 11.9. The van der Waals surface area contributed by atoms with Gasteiger partial charge in [-0.25, -0.2) is 4.39 Å². The zero-order chi connectivity index (χ0) is 26.0. The quantitative estimate of drug-likeness (QED) is 0.436. The highest BCUT2D eigenvalue weighted by atomic mass is 19.1. The number of aromatic nitrogens is 1. The molecule has 3 aromatic rings. The molecule has 0 bridgehead atoms. The monoisotopic (exact) mass is 481 g/mol. The van der Waals surface area contributed by atoms with Crippen LogP contribution in [-0.2, 0) is 4.79 Å². The van der Waals surface area contributed by atoms with Crippen molar-refractivity contribution in [1.82, 2.24) is 15.0 Å². The molecule has 1 fully saturated rings. The van der Waals surface area contributed by atoms with Gasteiger partial charge in [0.25, 0.3) is 0 Å². The Morgan fingerprint density at radius 1 is 1.11 bits per heavy atom. The maximum atomic E-state index is 12.6. The topological polar surface area (TPSA) is 66.7 Å². The van der Waals surface area contributed by atoms with Gasteiger partial charge in [-0.1, -0.05) is 56.3 Å². The Hall–Kier alpha value is -3.32. The van der Waals surface area contributed by atoms with E-state index in [0.29, 0.717) is 17.6 Å². The zero-order valence-electron chi connectivity index (χ0n) is 21.4. The second kappa shape index (κ2) is 13.5. The molecule has 2 aromatic carbocycles. The fraction of sp³-hybridized carbons (Fsp3) is 0.393. The molecule has 1 saturated heterocycles. The lowest BCUT2D eigenvalue weighted by Gasteiger charge is -2.43. The lowest BCUT2D eigenvalue weighted by molar-refractivity contribution is -0.144. The molecule has 188 valence electrons. The molecule has 1 aliphatic rings. The molecule has 1 amide bonds. The molecule has 1 aliphatic heterocycles. The molecule has 1 aromatic heterocycles. The highest BCUT2D eigenvalue weighted by molar-refractivity contribution is 5.82. The van der Waals surface area contributed by atoms with Crippen molar-refractivity contribution < 1.29 is 18.5 Å². The maximum Gasteiger partial charge on any atom is 0.240 e. The predicted octanol–water partition coefficient (Wildman–Crippen LogP) is 5.87. The number of benzene rings is 2. The van der Waals surface area contributed by atoms with Crippen molar-refractivity contribution >= 4 is 12.2 Å². The third kappa shape index (κ3) is 8.14. The Bertz CT molecular complexity index is 1050. The van der Waals surface area contributed by atoms with E-state index in [1.807, 2.05) is 44.0 Å². The first-order chi connectivity index (χ1) is 16.7. The molecular weight excluding hydrogens is 445 g/mol. The summed E-state index contributed by atoms with van der Waals surface area (Å²) in [5, 5.41) is 3.50. The Morgan fingerprint density at radius 2 is 1.71 bits per heavy atom. The van der Waals surface area contributed by atoms with E-state index < -0.39 is 0 Å². The second-order valence-corrected chi connectivity index (χ2v) is 9.14. The highest BCUT2D eigenvalue weighted by Gasteiger charge is 2.35. The number of amides is 1. The molecule has 35 heavy (non-hydrogen) atoms. The van der Waals surface area contributed by atoms with Crippen LogP contribution in [0.5, 0.6) is 0 Å². The standard InChI is InChI=1S/C14H20N2O.C10H6FNO2.C4H10/c1-4-16-13(12-8-6-5-7-9-12)10-15(3)11(2)14(16)17;11-8-3-1-7(2-4-8)10-5-9(6-13)12-14-10;1-4(2)3/h5-9,11,13H,4,10H2,1-3H3;1-6H;4H,1-3H3. The van der Waals surface area contributed by atoms with Gasteiger partial charge in [0.1, 0.15) is 11.5 Å². The lowest BCUT2D eigenvalue weighted by Crippen LogP contribution is -2.55. The molecule has 7 heteroatoms. The number of carbonyl (C=O) groups is 2. The van der Waals surface area contributed by atoms with Crippen LogP contribution in [0.2, 0.25) is 0 Å². The van der Waals surface area contributed by atoms with Crippen molar-refractivity contribution in [3.05, 3.63) is 77.7 Å². The minimum Gasteiger partial charge on any atom is -0.356 e. The average Bonchev–Trinajstić information content (AvgIpc) is 3.33. The van der Waals surface area contributed by atoms with Crippen LogP contribution in [0, 0.1) is 11.7 Å². The van der Waals surface area contributed by atoms with E-state index >= 15 is 0 Å². The van der Waals surface area contributed by atoms with Gasteiger partial charge in [-0.3, -0.25) is 14.5 Å². The zero-order valence-corrected chi connectivity index (χ0v) is 21.4. The smallest absolute Gasteiger partial charge is 0.240 e. The van der Waals surface area contributed by atoms with Gasteiger partial charge >= 0.3 is 0 Å². The van der Waals surface area contributed by atoms with Crippen molar-refractivity contribution in [3.8, 4) is 11.3 Å². The van der Waals surface area contributed by atoms with Gasteiger partial charge in [-0.2, -0.15) is 0 Å². The van der Waals surface area contributed by atoms with E-state index in [1.165, 1.54) is 23.8 Å². The van der Waals surface area contributed by atoms with Crippen LogP contribution in [0.1, 0.15) is 56.7 Å².